The molecule has 1 rings (SSSR count). The van der Waals surface area contributed by atoms with E-state index in [4.69, 9.17) is 0 Å². The zero-order valence-corrected chi connectivity index (χ0v) is 4.65. The van der Waals surface area contributed by atoms with Crippen LogP contribution in [0.15, 0.2) is 0 Å². The van der Waals surface area contributed by atoms with Crippen LogP contribution in [-0.4, -0.2) is 19.3 Å². The normalized spacial score (nSPS) is 25.3. The van der Waals surface area contributed by atoms with Crippen molar-refractivity contribution in [1.82, 2.24) is 10.6 Å². The summed E-state index contributed by atoms with van der Waals surface area (Å²) in [6.45, 7) is 4.28. The van der Waals surface area contributed by atoms with Crippen LogP contribution in [0.25, 0.3) is 0 Å². The van der Waals surface area contributed by atoms with Crippen molar-refractivity contribution in [2.45, 2.75) is 19.5 Å². The molecule has 1 saturated heterocycles. The predicted octanol–water partition coefficient (Wildman–Crippen LogP) is -0.0699. The maximum atomic E-state index is 4.22. The molecule has 1 aliphatic rings. The number of rotatable bonds is 0. The van der Waals surface area contributed by atoms with E-state index in [-0.39, 0.29) is 0 Å². The molecule has 0 aromatic heterocycles. The van der Waals surface area contributed by atoms with E-state index in [1.807, 2.05) is 0 Å². The minimum atomic E-state index is 0.411. The van der Waals surface area contributed by atoms with Gasteiger partial charge in [-0.15, -0.1) is 0 Å². The Kier molecular flexibility index (Phi) is 1.65. The SMILES string of the molecule is CC1[N]CCCN1. The first-order valence-electron chi connectivity index (χ1n) is 2.79. The summed E-state index contributed by atoms with van der Waals surface area (Å²) in [5.41, 5.74) is 0. The monoisotopic (exact) mass is 99.1 g/mol. The summed E-state index contributed by atoms with van der Waals surface area (Å²) in [4.78, 5) is 0. The van der Waals surface area contributed by atoms with Crippen molar-refractivity contribution in [2.24, 2.45) is 0 Å². The smallest absolute Gasteiger partial charge is 0.0707 e. The second kappa shape index (κ2) is 2.28. The van der Waals surface area contributed by atoms with Gasteiger partial charge in [-0.1, -0.05) is 0 Å². The van der Waals surface area contributed by atoms with Crippen molar-refractivity contribution in [2.75, 3.05) is 13.1 Å². The van der Waals surface area contributed by atoms with Crippen molar-refractivity contribution in [3.63, 3.8) is 0 Å². The van der Waals surface area contributed by atoms with Crippen molar-refractivity contribution < 1.29 is 0 Å². The van der Waals surface area contributed by atoms with Gasteiger partial charge in [-0.05, 0) is 19.9 Å². The first-order chi connectivity index (χ1) is 3.39. The Morgan fingerprint density at radius 2 is 2.57 bits per heavy atom. The lowest BCUT2D eigenvalue weighted by molar-refractivity contribution is 0.386. The maximum Gasteiger partial charge on any atom is 0.0707 e. The van der Waals surface area contributed by atoms with E-state index in [1.165, 1.54) is 6.42 Å². The molecule has 1 atom stereocenters. The summed E-state index contributed by atoms with van der Waals surface area (Å²) >= 11 is 0. The molecule has 0 aromatic carbocycles. The molecule has 1 radical (unpaired) electrons. The molecule has 0 bridgehead atoms. The fourth-order valence-electron chi connectivity index (χ4n) is 0.739. The molecule has 7 heavy (non-hydrogen) atoms. The molecule has 1 N–H and O–H groups in total. The fraction of sp³-hybridized carbons (Fsp3) is 1.00. The molecule has 0 aromatic rings. The van der Waals surface area contributed by atoms with Crippen LogP contribution in [0.3, 0.4) is 0 Å². The van der Waals surface area contributed by atoms with Crippen LogP contribution in [-0.2, 0) is 0 Å². The standard InChI is InChI=1S/C5H11N2/c1-5-6-3-2-4-7-5/h5-6H,2-4H2,1H3. The summed E-state index contributed by atoms with van der Waals surface area (Å²) in [7, 11) is 0. The molecule has 0 spiro atoms. The summed E-state index contributed by atoms with van der Waals surface area (Å²) in [6, 6.07) is 0. The topological polar surface area (TPSA) is 26.1 Å². The van der Waals surface area contributed by atoms with Crippen molar-refractivity contribution in [3.8, 4) is 0 Å². The first kappa shape index (κ1) is 5.06. The molecule has 0 saturated carbocycles. The third kappa shape index (κ3) is 1.45. The van der Waals surface area contributed by atoms with E-state index in [1.54, 1.807) is 0 Å². The third-order valence-electron chi connectivity index (χ3n) is 1.18. The summed E-state index contributed by atoms with van der Waals surface area (Å²) in [5, 5.41) is 7.43. The van der Waals surface area contributed by atoms with E-state index >= 15 is 0 Å². The highest BCUT2D eigenvalue weighted by Crippen LogP contribution is 1.87. The van der Waals surface area contributed by atoms with Crippen molar-refractivity contribution in [1.29, 1.82) is 0 Å². The number of nitrogens with one attached hydrogen (secondary N) is 1. The molecule has 0 amide bonds. The van der Waals surface area contributed by atoms with Gasteiger partial charge in [-0.2, -0.15) is 0 Å². The van der Waals surface area contributed by atoms with Gasteiger partial charge in [0, 0.05) is 6.54 Å². The largest absolute Gasteiger partial charge is 0.301 e. The third-order valence-corrected chi connectivity index (χ3v) is 1.18. The van der Waals surface area contributed by atoms with Gasteiger partial charge in [0.15, 0.2) is 0 Å². The highest BCUT2D eigenvalue weighted by molar-refractivity contribution is 4.63. The quantitative estimate of drug-likeness (QED) is 0.452. The van der Waals surface area contributed by atoms with Crippen LogP contribution >= 0.6 is 0 Å². The van der Waals surface area contributed by atoms with Gasteiger partial charge >= 0.3 is 0 Å². The Balaban J connectivity index is 2.12. The van der Waals surface area contributed by atoms with Gasteiger partial charge in [-0.3, -0.25) is 0 Å². The van der Waals surface area contributed by atoms with Crippen LogP contribution in [0, 0.1) is 0 Å². The molecule has 1 fully saturated rings. The molecular weight excluding hydrogens is 88.1 g/mol. The Bertz CT molecular complexity index is 48.0. The number of nitrogens with zero attached hydrogens (tertiary/aromatic N) is 1. The molecule has 0 aliphatic carbocycles. The van der Waals surface area contributed by atoms with Crippen LogP contribution in [0.1, 0.15) is 13.3 Å². The second-order valence-electron chi connectivity index (χ2n) is 1.89. The minimum Gasteiger partial charge on any atom is -0.301 e. The molecule has 2 nitrogen and oxygen atoms in total. The summed E-state index contributed by atoms with van der Waals surface area (Å²) < 4.78 is 0. The maximum absolute atomic E-state index is 4.22. The summed E-state index contributed by atoms with van der Waals surface area (Å²) in [6.07, 6.45) is 1.62. The molecule has 2 heteroatoms. The Morgan fingerprint density at radius 1 is 1.71 bits per heavy atom. The molecule has 1 unspecified atom stereocenters. The molecule has 1 aliphatic heterocycles. The molecular formula is C5H11N2. The number of hydrogen-bond donors (Lipinski definition) is 1. The van der Waals surface area contributed by atoms with Crippen molar-refractivity contribution in [3.05, 3.63) is 0 Å². The van der Waals surface area contributed by atoms with Gasteiger partial charge in [-0.25, -0.2) is 5.32 Å². The zero-order chi connectivity index (χ0) is 5.11. The highest BCUT2D eigenvalue weighted by Gasteiger charge is 2.04. The second-order valence-corrected chi connectivity index (χ2v) is 1.89. The zero-order valence-electron chi connectivity index (χ0n) is 4.65. The van der Waals surface area contributed by atoms with Gasteiger partial charge in [0.05, 0.1) is 6.17 Å². The Morgan fingerprint density at radius 3 is 2.86 bits per heavy atom. The summed E-state index contributed by atoms with van der Waals surface area (Å²) in [5.74, 6) is 0. The average molecular weight is 99.2 g/mol. The van der Waals surface area contributed by atoms with Crippen LogP contribution in [0.5, 0.6) is 0 Å². The average Bonchev–Trinajstić information content (AvgIpc) is 1.69. The van der Waals surface area contributed by atoms with Crippen LogP contribution in [0.4, 0.5) is 0 Å². The Labute approximate surface area is 44.3 Å². The first-order valence-corrected chi connectivity index (χ1v) is 2.79. The van der Waals surface area contributed by atoms with Gasteiger partial charge in [0.25, 0.3) is 0 Å². The lowest BCUT2D eigenvalue weighted by Crippen LogP contribution is -2.41. The molecule has 41 valence electrons. The highest BCUT2D eigenvalue weighted by atomic mass is 15.1. The Hall–Kier alpha value is -0.0800. The van der Waals surface area contributed by atoms with Gasteiger partial charge in [0.1, 0.15) is 0 Å². The lowest BCUT2D eigenvalue weighted by atomic mass is 10.3. The van der Waals surface area contributed by atoms with Gasteiger partial charge < -0.3 is 5.32 Å². The van der Waals surface area contributed by atoms with Gasteiger partial charge in [0.2, 0.25) is 0 Å². The van der Waals surface area contributed by atoms with Crippen LogP contribution < -0.4 is 10.6 Å². The van der Waals surface area contributed by atoms with E-state index in [0.29, 0.717) is 6.17 Å². The fourth-order valence-corrected chi connectivity index (χ4v) is 0.739. The van der Waals surface area contributed by atoms with E-state index in [9.17, 15) is 0 Å². The van der Waals surface area contributed by atoms with Crippen LogP contribution in [0.2, 0.25) is 0 Å². The predicted molar refractivity (Wildman–Crippen MR) is 29.1 cm³/mol. The van der Waals surface area contributed by atoms with E-state index in [2.05, 4.69) is 17.6 Å². The van der Waals surface area contributed by atoms with E-state index in [0.717, 1.165) is 13.1 Å². The molecule has 1 heterocycles. The lowest BCUT2D eigenvalue weighted by Gasteiger charge is -2.18. The number of hydrogen-bond acceptors (Lipinski definition) is 1. The van der Waals surface area contributed by atoms with E-state index < -0.39 is 0 Å². The van der Waals surface area contributed by atoms with Crippen molar-refractivity contribution >= 4 is 0 Å². The minimum absolute atomic E-state index is 0.411.